The Labute approximate surface area is 120 Å². The molecular weight excluding hydrogens is 247 g/mol. The van der Waals surface area contributed by atoms with Crippen molar-refractivity contribution in [2.45, 2.75) is 24.9 Å². The number of thiophene rings is 1. The SMILES string of the molecule is N#Cc1cc2nccc(Cl)c2s1.[Li][CH2]CCC. The van der Waals surface area contributed by atoms with Crippen LogP contribution in [0.4, 0.5) is 0 Å². The molecule has 2 rings (SSSR count). The first kappa shape index (κ1) is 14.5. The zero-order valence-electron chi connectivity index (χ0n) is 10.0. The Balaban J connectivity index is 0.000000249. The van der Waals surface area contributed by atoms with E-state index in [0.29, 0.717) is 9.90 Å². The summed E-state index contributed by atoms with van der Waals surface area (Å²) in [4.78, 5) is 4.73. The van der Waals surface area contributed by atoms with E-state index < -0.39 is 0 Å². The summed E-state index contributed by atoms with van der Waals surface area (Å²) in [6, 6.07) is 5.53. The number of aromatic nitrogens is 1. The van der Waals surface area contributed by atoms with Crippen LogP contribution < -0.4 is 0 Å². The van der Waals surface area contributed by atoms with E-state index >= 15 is 0 Å². The number of rotatable bonds is 2. The van der Waals surface area contributed by atoms with Crippen LogP contribution in [0.3, 0.4) is 0 Å². The van der Waals surface area contributed by atoms with Crippen molar-refractivity contribution in [2.75, 3.05) is 0 Å². The van der Waals surface area contributed by atoms with Gasteiger partial charge in [0, 0.05) is 6.20 Å². The van der Waals surface area contributed by atoms with E-state index in [1.165, 1.54) is 29.3 Å². The van der Waals surface area contributed by atoms with Gasteiger partial charge in [0.05, 0.1) is 15.2 Å². The molecular formula is C12H12ClLiN2S. The third kappa shape index (κ3) is 4.34. The molecule has 0 fully saturated rings. The number of hydrogen-bond donors (Lipinski definition) is 0. The zero-order chi connectivity index (χ0) is 12.7. The number of fused-ring (bicyclic) bond motifs is 1. The Morgan fingerprint density at radius 2 is 2.35 bits per heavy atom. The fourth-order valence-electron chi connectivity index (χ4n) is 1.32. The van der Waals surface area contributed by atoms with Crippen LogP contribution in [0, 0.1) is 11.3 Å². The number of nitrogens with zero attached hydrogens (tertiary/aromatic N) is 2. The quantitative estimate of drug-likeness (QED) is 0.757. The normalized spacial score (nSPS) is 9.59. The van der Waals surface area contributed by atoms with Crippen LogP contribution in [-0.2, 0) is 0 Å². The van der Waals surface area contributed by atoms with E-state index in [9.17, 15) is 0 Å². The second-order valence-corrected chi connectivity index (χ2v) is 5.04. The Morgan fingerprint density at radius 3 is 2.82 bits per heavy atom. The fourth-order valence-corrected chi connectivity index (χ4v) is 2.40. The van der Waals surface area contributed by atoms with E-state index in [1.807, 2.05) is 0 Å². The van der Waals surface area contributed by atoms with E-state index in [2.05, 4.69) is 35.7 Å². The monoisotopic (exact) mass is 258 g/mol. The van der Waals surface area contributed by atoms with Gasteiger partial charge in [-0.15, -0.1) is 11.3 Å². The van der Waals surface area contributed by atoms with Crippen molar-refractivity contribution in [2.24, 2.45) is 0 Å². The predicted octanol–water partition coefficient (Wildman–Crippen LogP) is 4.19. The van der Waals surface area contributed by atoms with Crippen molar-refractivity contribution >= 4 is 50.9 Å². The van der Waals surface area contributed by atoms with Gasteiger partial charge in [-0.2, -0.15) is 5.26 Å². The molecule has 0 amide bonds. The Bertz CT molecular complexity index is 517. The van der Waals surface area contributed by atoms with Crippen LogP contribution in [0.15, 0.2) is 18.3 Å². The first-order chi connectivity index (χ1) is 8.22. The topological polar surface area (TPSA) is 36.7 Å². The van der Waals surface area contributed by atoms with Crippen LogP contribution in [0.2, 0.25) is 10.1 Å². The molecule has 0 bridgehead atoms. The molecule has 0 aliphatic heterocycles. The van der Waals surface area contributed by atoms with Crippen molar-refractivity contribution in [1.82, 2.24) is 4.98 Å². The maximum atomic E-state index is 8.62. The van der Waals surface area contributed by atoms with Crippen molar-refractivity contribution in [3.63, 3.8) is 0 Å². The van der Waals surface area contributed by atoms with Crippen LogP contribution in [-0.4, -0.2) is 22.7 Å². The molecule has 0 atom stereocenters. The molecule has 0 unspecified atom stereocenters. The molecule has 0 spiro atoms. The van der Waals surface area contributed by atoms with E-state index in [0.717, 1.165) is 10.2 Å². The average Bonchev–Trinajstić information content (AvgIpc) is 2.75. The van der Waals surface area contributed by atoms with Gasteiger partial charge in [-0.05, 0) is 12.1 Å². The fraction of sp³-hybridized carbons (Fsp3) is 0.333. The molecule has 0 saturated heterocycles. The molecule has 0 N–H and O–H groups in total. The summed E-state index contributed by atoms with van der Waals surface area (Å²) in [7, 11) is 0. The summed E-state index contributed by atoms with van der Waals surface area (Å²) in [5, 5.41) is 10.6. The molecule has 0 saturated carbocycles. The first-order valence-corrected chi connectivity index (χ1v) is 6.86. The Morgan fingerprint density at radius 1 is 1.59 bits per heavy atom. The molecule has 0 aromatic carbocycles. The molecule has 84 valence electrons. The van der Waals surface area contributed by atoms with E-state index in [4.69, 9.17) is 16.9 Å². The summed E-state index contributed by atoms with van der Waals surface area (Å²) in [5.41, 5.74) is 0.795. The van der Waals surface area contributed by atoms with Gasteiger partial charge in [0.25, 0.3) is 0 Å². The third-order valence-corrected chi connectivity index (χ3v) is 3.67. The predicted molar refractivity (Wildman–Crippen MR) is 74.8 cm³/mol. The molecule has 0 aliphatic carbocycles. The molecule has 2 aromatic rings. The number of pyridine rings is 1. The van der Waals surface area contributed by atoms with Crippen molar-refractivity contribution in [3.8, 4) is 6.07 Å². The van der Waals surface area contributed by atoms with Crippen LogP contribution >= 0.6 is 22.9 Å². The minimum atomic E-state index is 0.644. The van der Waals surface area contributed by atoms with Crippen LogP contribution in [0.25, 0.3) is 10.2 Å². The summed E-state index contributed by atoms with van der Waals surface area (Å²) < 4.78 is 0.885. The van der Waals surface area contributed by atoms with Gasteiger partial charge in [0.2, 0.25) is 0 Å². The second kappa shape index (κ2) is 7.74. The Kier molecular flexibility index (Phi) is 6.63. The van der Waals surface area contributed by atoms with Gasteiger partial charge in [0.1, 0.15) is 10.9 Å². The van der Waals surface area contributed by atoms with Crippen LogP contribution in [0.5, 0.6) is 0 Å². The standard InChI is InChI=1S/C8H3ClN2S.C4H9.Li/c9-6-1-2-11-7-3-5(4-10)12-8(6)7;1-3-4-2;/h1-3H;1,3-4H2,2H3;. The molecule has 2 nitrogen and oxygen atoms in total. The van der Waals surface area contributed by atoms with Gasteiger partial charge in [-0.25, -0.2) is 0 Å². The van der Waals surface area contributed by atoms with Crippen molar-refractivity contribution < 1.29 is 0 Å². The summed E-state index contributed by atoms with van der Waals surface area (Å²) in [6.45, 7) is 2.21. The molecule has 0 aliphatic rings. The number of halogens is 1. The molecule has 2 heterocycles. The maximum absolute atomic E-state index is 8.62. The third-order valence-electron chi connectivity index (χ3n) is 2.18. The first-order valence-electron chi connectivity index (χ1n) is 5.67. The van der Waals surface area contributed by atoms with Crippen molar-refractivity contribution in [3.05, 3.63) is 28.2 Å². The number of nitriles is 1. The molecule has 2 aromatic heterocycles. The Hall–Kier alpha value is -0.513. The van der Waals surface area contributed by atoms with E-state index in [-0.39, 0.29) is 0 Å². The minimum absolute atomic E-state index is 0.644. The van der Waals surface area contributed by atoms with Crippen LogP contribution in [0.1, 0.15) is 24.6 Å². The molecule has 5 heteroatoms. The molecule has 0 radical (unpaired) electrons. The average molecular weight is 259 g/mol. The van der Waals surface area contributed by atoms with Gasteiger partial charge in [0.15, 0.2) is 0 Å². The van der Waals surface area contributed by atoms with Gasteiger partial charge in [-0.3, -0.25) is 4.98 Å². The van der Waals surface area contributed by atoms with Crippen molar-refractivity contribution in [1.29, 1.82) is 5.26 Å². The summed E-state index contributed by atoms with van der Waals surface area (Å²) in [5.74, 6) is 0. The van der Waals surface area contributed by atoms with Gasteiger partial charge >= 0.3 is 42.6 Å². The zero-order valence-corrected chi connectivity index (χ0v) is 11.6. The summed E-state index contributed by atoms with van der Waals surface area (Å²) in [6.07, 6.45) is 4.37. The van der Waals surface area contributed by atoms with Gasteiger partial charge < -0.3 is 0 Å². The second-order valence-electron chi connectivity index (χ2n) is 3.58. The number of hydrogen-bond acceptors (Lipinski definition) is 3. The number of unbranched alkanes of at least 4 members (excludes halogenated alkanes) is 1. The van der Waals surface area contributed by atoms with E-state index in [1.54, 1.807) is 18.3 Å². The van der Waals surface area contributed by atoms with Gasteiger partial charge in [-0.1, -0.05) is 11.6 Å². The summed E-state index contributed by atoms with van der Waals surface area (Å²) >= 11 is 9.47. The molecule has 17 heavy (non-hydrogen) atoms.